The zero-order valence-corrected chi connectivity index (χ0v) is 16.6. The number of nitrogens with one attached hydrogen (secondary N) is 2. The highest BCUT2D eigenvalue weighted by Crippen LogP contribution is 2.30. The Morgan fingerprint density at radius 3 is 2.70 bits per heavy atom. The van der Waals surface area contributed by atoms with Gasteiger partial charge in [-0.05, 0) is 28.6 Å². The van der Waals surface area contributed by atoms with Crippen LogP contribution in [-0.2, 0) is 0 Å². The van der Waals surface area contributed by atoms with Crippen molar-refractivity contribution in [3.05, 3.63) is 53.3 Å². The van der Waals surface area contributed by atoms with Crippen molar-refractivity contribution in [2.45, 2.75) is 0 Å². The zero-order chi connectivity index (χ0) is 21.1. The molecule has 0 unspecified atom stereocenters. The van der Waals surface area contributed by atoms with Crippen LogP contribution in [0.15, 0.2) is 42.7 Å². The van der Waals surface area contributed by atoms with E-state index in [9.17, 15) is 4.79 Å². The maximum Gasteiger partial charge on any atom is 0.261 e. The van der Waals surface area contributed by atoms with Crippen molar-refractivity contribution in [1.29, 1.82) is 0 Å². The highest BCUT2D eigenvalue weighted by atomic mass is 35.5. The van der Waals surface area contributed by atoms with Gasteiger partial charge in [0.2, 0.25) is 5.95 Å². The average molecular weight is 427 g/mol. The van der Waals surface area contributed by atoms with Gasteiger partial charge in [0.25, 0.3) is 5.91 Å². The van der Waals surface area contributed by atoms with Crippen LogP contribution < -0.4 is 14.8 Å². The molecular formula is C18H15ClN8O3. The second kappa shape index (κ2) is 8.17. The first-order chi connectivity index (χ1) is 14.6. The second-order valence-electron chi connectivity index (χ2n) is 5.92. The topological polar surface area (TPSA) is 133 Å². The van der Waals surface area contributed by atoms with E-state index in [0.29, 0.717) is 22.8 Å². The molecule has 2 aromatic heterocycles. The normalized spacial score (nSPS) is 10.6. The lowest BCUT2D eigenvalue weighted by atomic mass is 10.1. The lowest BCUT2D eigenvalue weighted by molar-refractivity contribution is 0.102. The molecule has 152 valence electrons. The summed E-state index contributed by atoms with van der Waals surface area (Å²) in [7, 11) is 3.00. The minimum Gasteiger partial charge on any atom is -0.496 e. The molecule has 0 saturated carbocycles. The Bertz CT molecular complexity index is 1190. The van der Waals surface area contributed by atoms with Gasteiger partial charge in [0.05, 0.1) is 36.1 Å². The fourth-order valence-corrected chi connectivity index (χ4v) is 3.03. The summed E-state index contributed by atoms with van der Waals surface area (Å²) in [5.41, 5.74) is 1.37. The number of H-pyrrole nitrogens is 1. The van der Waals surface area contributed by atoms with E-state index in [1.807, 2.05) is 18.2 Å². The van der Waals surface area contributed by atoms with Crippen molar-refractivity contribution in [3.8, 4) is 28.6 Å². The largest absolute Gasteiger partial charge is 0.496 e. The molecule has 0 atom stereocenters. The number of methoxy groups -OCH3 is 2. The minimum atomic E-state index is -0.498. The number of halogens is 1. The number of carbonyl (C=O) groups is 1. The standard InChI is InChI=1S/C18H15ClN8O3/c1-29-14-6-4-3-5-10(14)16-21-18(24-23-16)22-17(28)11-7-12(19)13(8-15(11)30-2)27-9-20-25-26-27/h3-9H,1-2H3,(H2,21,22,23,24,28). The molecule has 30 heavy (non-hydrogen) atoms. The molecular weight excluding hydrogens is 412 g/mol. The summed E-state index contributed by atoms with van der Waals surface area (Å²) in [4.78, 5) is 17.1. The van der Waals surface area contributed by atoms with Gasteiger partial charge in [-0.1, -0.05) is 23.7 Å². The summed E-state index contributed by atoms with van der Waals surface area (Å²) in [5.74, 6) is 0.939. The quantitative estimate of drug-likeness (QED) is 0.480. The van der Waals surface area contributed by atoms with Crippen LogP contribution in [-0.4, -0.2) is 55.5 Å². The van der Waals surface area contributed by atoms with Crippen LogP contribution in [0, 0.1) is 0 Å². The Kier molecular flexibility index (Phi) is 5.26. The monoisotopic (exact) mass is 426 g/mol. The second-order valence-corrected chi connectivity index (χ2v) is 6.33. The molecule has 0 aliphatic rings. The van der Waals surface area contributed by atoms with Crippen LogP contribution in [0.25, 0.3) is 17.1 Å². The number of anilines is 1. The molecule has 11 nitrogen and oxygen atoms in total. The Balaban J connectivity index is 1.60. The van der Waals surface area contributed by atoms with Gasteiger partial charge in [0.1, 0.15) is 17.8 Å². The molecule has 12 heteroatoms. The summed E-state index contributed by atoms with van der Waals surface area (Å²) in [6.07, 6.45) is 1.38. The molecule has 2 N–H and O–H groups in total. The van der Waals surface area contributed by atoms with Crippen LogP contribution in [0.4, 0.5) is 5.95 Å². The number of rotatable bonds is 6. The van der Waals surface area contributed by atoms with Gasteiger partial charge in [0.15, 0.2) is 5.82 Å². The van der Waals surface area contributed by atoms with Crippen LogP contribution in [0.2, 0.25) is 5.02 Å². The number of ether oxygens (including phenoxy) is 2. The van der Waals surface area contributed by atoms with Gasteiger partial charge < -0.3 is 9.47 Å². The summed E-state index contributed by atoms with van der Waals surface area (Å²) < 4.78 is 12.0. The third-order valence-electron chi connectivity index (χ3n) is 4.18. The SMILES string of the molecule is COc1cc(-n2cnnn2)c(Cl)cc1C(=O)Nc1n[nH]c(-c2ccccc2OC)n1. The minimum absolute atomic E-state index is 0.0867. The third kappa shape index (κ3) is 3.65. The lowest BCUT2D eigenvalue weighted by Crippen LogP contribution is -2.15. The zero-order valence-electron chi connectivity index (χ0n) is 15.8. The van der Waals surface area contributed by atoms with Gasteiger partial charge in [-0.2, -0.15) is 9.67 Å². The van der Waals surface area contributed by atoms with E-state index < -0.39 is 5.91 Å². The molecule has 2 heterocycles. The molecule has 2 aromatic carbocycles. The maximum atomic E-state index is 12.8. The number of tetrazole rings is 1. The Morgan fingerprint density at radius 2 is 1.97 bits per heavy atom. The van der Waals surface area contributed by atoms with Gasteiger partial charge in [-0.25, -0.2) is 0 Å². The smallest absolute Gasteiger partial charge is 0.261 e. The number of para-hydroxylation sites is 1. The van der Waals surface area contributed by atoms with Crippen LogP contribution >= 0.6 is 11.6 Å². The summed E-state index contributed by atoms with van der Waals surface area (Å²) in [5, 5.41) is 20.6. The van der Waals surface area contributed by atoms with E-state index in [1.165, 1.54) is 24.2 Å². The molecule has 1 amide bonds. The first-order valence-corrected chi connectivity index (χ1v) is 8.96. The number of amides is 1. The van der Waals surface area contributed by atoms with E-state index in [2.05, 4.69) is 36.0 Å². The van der Waals surface area contributed by atoms with Crippen molar-refractivity contribution in [2.24, 2.45) is 0 Å². The Morgan fingerprint density at radius 1 is 1.17 bits per heavy atom. The van der Waals surface area contributed by atoms with Crippen molar-refractivity contribution in [1.82, 2.24) is 35.4 Å². The van der Waals surface area contributed by atoms with Crippen LogP contribution in [0.3, 0.4) is 0 Å². The van der Waals surface area contributed by atoms with Gasteiger partial charge in [-0.3, -0.25) is 15.2 Å². The fraction of sp³-hybridized carbons (Fsp3) is 0.111. The summed E-state index contributed by atoms with van der Waals surface area (Å²) in [6.45, 7) is 0. The van der Waals surface area contributed by atoms with E-state index in [0.717, 1.165) is 0 Å². The number of hydrogen-bond acceptors (Lipinski definition) is 8. The van der Waals surface area contributed by atoms with E-state index >= 15 is 0 Å². The van der Waals surface area contributed by atoms with E-state index in [1.54, 1.807) is 19.2 Å². The molecule has 0 radical (unpaired) electrons. The Labute approximate surface area is 175 Å². The highest BCUT2D eigenvalue weighted by Gasteiger charge is 2.19. The number of aromatic nitrogens is 7. The molecule has 0 fully saturated rings. The van der Waals surface area contributed by atoms with Crippen molar-refractivity contribution in [2.75, 3.05) is 19.5 Å². The van der Waals surface area contributed by atoms with E-state index in [4.69, 9.17) is 21.1 Å². The van der Waals surface area contributed by atoms with Gasteiger partial charge in [-0.15, -0.1) is 10.2 Å². The van der Waals surface area contributed by atoms with Gasteiger partial charge >= 0.3 is 0 Å². The average Bonchev–Trinajstić information content (AvgIpc) is 3.46. The fourth-order valence-electron chi connectivity index (χ4n) is 2.78. The number of benzene rings is 2. The third-order valence-corrected chi connectivity index (χ3v) is 4.48. The first-order valence-electron chi connectivity index (χ1n) is 8.58. The van der Waals surface area contributed by atoms with Crippen LogP contribution in [0.1, 0.15) is 10.4 Å². The number of hydrogen-bond donors (Lipinski definition) is 2. The molecule has 0 aliphatic carbocycles. The molecule has 0 saturated heterocycles. The summed E-state index contributed by atoms with van der Waals surface area (Å²) >= 11 is 6.31. The number of nitrogens with zero attached hydrogens (tertiary/aromatic N) is 6. The molecule has 4 aromatic rings. The molecule has 0 bridgehead atoms. The van der Waals surface area contributed by atoms with Crippen molar-refractivity contribution >= 4 is 23.5 Å². The molecule has 0 spiro atoms. The van der Waals surface area contributed by atoms with Crippen LogP contribution in [0.5, 0.6) is 11.5 Å². The summed E-state index contributed by atoms with van der Waals surface area (Å²) in [6, 6.07) is 10.3. The van der Waals surface area contributed by atoms with Crippen molar-refractivity contribution < 1.29 is 14.3 Å². The Hall–Kier alpha value is -3.99. The number of carbonyl (C=O) groups excluding carboxylic acids is 1. The number of aromatic amines is 1. The lowest BCUT2D eigenvalue weighted by Gasteiger charge is -2.11. The first kappa shape index (κ1) is 19.3. The predicted molar refractivity (Wildman–Crippen MR) is 107 cm³/mol. The van der Waals surface area contributed by atoms with Crippen molar-refractivity contribution in [3.63, 3.8) is 0 Å². The highest BCUT2D eigenvalue weighted by molar-refractivity contribution is 6.33. The predicted octanol–water partition coefficient (Wildman–Crippen LogP) is 2.37. The van der Waals surface area contributed by atoms with E-state index in [-0.39, 0.29) is 22.3 Å². The van der Waals surface area contributed by atoms with Gasteiger partial charge in [0, 0.05) is 6.07 Å². The maximum absolute atomic E-state index is 12.8. The molecule has 0 aliphatic heterocycles. The molecule has 4 rings (SSSR count).